The van der Waals surface area contributed by atoms with E-state index < -0.39 is 0 Å². The van der Waals surface area contributed by atoms with Crippen LogP contribution in [0.3, 0.4) is 0 Å². The Hall–Kier alpha value is -1.62. The van der Waals surface area contributed by atoms with Gasteiger partial charge in [0.1, 0.15) is 5.82 Å². The fourth-order valence-corrected chi connectivity index (χ4v) is 2.31. The molecule has 0 spiro atoms. The Kier molecular flexibility index (Phi) is 4.95. The molecule has 0 atom stereocenters. The average molecular weight is 276 g/mol. The zero-order chi connectivity index (χ0) is 14.5. The molecule has 2 heterocycles. The number of amides is 1. The lowest BCUT2D eigenvalue weighted by atomic mass is 10.2. The number of rotatable bonds is 4. The number of aromatic nitrogens is 1. The summed E-state index contributed by atoms with van der Waals surface area (Å²) in [6.45, 7) is 6.17. The van der Waals surface area contributed by atoms with Gasteiger partial charge in [0.25, 0.3) is 0 Å². The van der Waals surface area contributed by atoms with E-state index in [1.165, 1.54) is 5.56 Å². The van der Waals surface area contributed by atoms with Gasteiger partial charge in [0.15, 0.2) is 0 Å². The maximum absolute atomic E-state index is 12.1. The van der Waals surface area contributed by atoms with Gasteiger partial charge in [0.2, 0.25) is 5.91 Å². The molecule has 0 unspecified atom stereocenters. The van der Waals surface area contributed by atoms with Crippen LogP contribution in [0, 0.1) is 6.92 Å². The number of nitrogens with zero attached hydrogens (tertiary/aromatic N) is 4. The fourth-order valence-electron chi connectivity index (χ4n) is 2.31. The SMILES string of the molecule is Cc1ccc(N2CCN(C(=O)CCN(C)C)CC2)nc1. The average Bonchev–Trinajstić information content (AvgIpc) is 2.46. The Labute approximate surface area is 121 Å². The summed E-state index contributed by atoms with van der Waals surface area (Å²) in [6, 6.07) is 4.13. The van der Waals surface area contributed by atoms with Crippen LogP contribution in [0.15, 0.2) is 18.3 Å². The summed E-state index contributed by atoms with van der Waals surface area (Å²) in [5.41, 5.74) is 1.17. The molecule has 110 valence electrons. The maximum Gasteiger partial charge on any atom is 0.223 e. The summed E-state index contributed by atoms with van der Waals surface area (Å²) in [5.74, 6) is 1.27. The van der Waals surface area contributed by atoms with Gasteiger partial charge in [-0.25, -0.2) is 4.98 Å². The second-order valence-corrected chi connectivity index (χ2v) is 5.61. The van der Waals surface area contributed by atoms with E-state index in [2.05, 4.69) is 22.0 Å². The molecule has 1 aliphatic rings. The summed E-state index contributed by atoms with van der Waals surface area (Å²) < 4.78 is 0. The van der Waals surface area contributed by atoms with Gasteiger partial charge in [0, 0.05) is 45.3 Å². The van der Waals surface area contributed by atoms with E-state index in [0.717, 1.165) is 38.5 Å². The first-order valence-corrected chi connectivity index (χ1v) is 7.16. The molecule has 0 N–H and O–H groups in total. The monoisotopic (exact) mass is 276 g/mol. The zero-order valence-electron chi connectivity index (χ0n) is 12.7. The first-order valence-electron chi connectivity index (χ1n) is 7.16. The highest BCUT2D eigenvalue weighted by atomic mass is 16.2. The maximum atomic E-state index is 12.1. The van der Waals surface area contributed by atoms with Crippen LogP contribution < -0.4 is 4.90 Å². The van der Waals surface area contributed by atoms with E-state index in [-0.39, 0.29) is 5.91 Å². The molecule has 1 aliphatic heterocycles. The molecular formula is C15H24N4O. The topological polar surface area (TPSA) is 39.7 Å². The third-order valence-electron chi connectivity index (χ3n) is 3.63. The Morgan fingerprint density at radius 1 is 1.25 bits per heavy atom. The molecule has 1 amide bonds. The number of aryl methyl sites for hydroxylation is 1. The van der Waals surface area contributed by atoms with Crippen LogP contribution >= 0.6 is 0 Å². The highest BCUT2D eigenvalue weighted by Crippen LogP contribution is 2.14. The van der Waals surface area contributed by atoms with Crippen molar-refractivity contribution in [3.63, 3.8) is 0 Å². The van der Waals surface area contributed by atoms with Gasteiger partial charge < -0.3 is 14.7 Å². The number of hydrogen-bond donors (Lipinski definition) is 0. The van der Waals surface area contributed by atoms with Crippen LogP contribution in [-0.2, 0) is 4.79 Å². The van der Waals surface area contributed by atoms with Crippen LogP contribution in [0.1, 0.15) is 12.0 Å². The van der Waals surface area contributed by atoms with E-state index in [1.54, 1.807) is 0 Å². The number of anilines is 1. The lowest BCUT2D eigenvalue weighted by Crippen LogP contribution is -2.49. The van der Waals surface area contributed by atoms with Gasteiger partial charge in [-0.2, -0.15) is 0 Å². The minimum absolute atomic E-state index is 0.259. The van der Waals surface area contributed by atoms with E-state index in [4.69, 9.17) is 0 Å². The molecule has 1 aromatic rings. The molecule has 0 aromatic carbocycles. The zero-order valence-corrected chi connectivity index (χ0v) is 12.7. The van der Waals surface area contributed by atoms with E-state index in [9.17, 15) is 4.79 Å². The number of piperazine rings is 1. The van der Waals surface area contributed by atoms with Crippen LogP contribution in [0.2, 0.25) is 0 Å². The van der Waals surface area contributed by atoms with Gasteiger partial charge in [-0.1, -0.05) is 6.07 Å². The molecule has 20 heavy (non-hydrogen) atoms. The number of pyridine rings is 1. The molecule has 2 rings (SSSR count). The molecular weight excluding hydrogens is 252 g/mol. The van der Waals surface area contributed by atoms with Crippen LogP contribution in [-0.4, -0.2) is 67.5 Å². The number of carbonyl (C=O) groups excluding carboxylic acids is 1. The van der Waals surface area contributed by atoms with E-state index in [1.807, 2.05) is 37.0 Å². The van der Waals surface area contributed by atoms with E-state index in [0.29, 0.717) is 6.42 Å². The molecule has 1 aromatic heterocycles. The Morgan fingerprint density at radius 2 is 1.95 bits per heavy atom. The highest BCUT2D eigenvalue weighted by Gasteiger charge is 2.21. The van der Waals surface area contributed by atoms with Crippen molar-refractivity contribution in [1.82, 2.24) is 14.8 Å². The van der Waals surface area contributed by atoms with Crippen LogP contribution in [0.4, 0.5) is 5.82 Å². The predicted octanol–water partition coefficient (Wildman–Crippen LogP) is 0.990. The molecule has 5 heteroatoms. The molecule has 5 nitrogen and oxygen atoms in total. The van der Waals surface area contributed by atoms with Gasteiger partial charge in [-0.15, -0.1) is 0 Å². The standard InChI is InChI=1S/C15H24N4O/c1-13-4-5-14(16-12-13)18-8-10-19(11-9-18)15(20)6-7-17(2)3/h4-5,12H,6-11H2,1-3H3. The summed E-state index contributed by atoms with van der Waals surface area (Å²) in [7, 11) is 3.99. The van der Waals surface area contributed by atoms with Gasteiger partial charge in [-0.05, 0) is 32.6 Å². The second-order valence-electron chi connectivity index (χ2n) is 5.61. The molecule has 1 saturated heterocycles. The summed E-state index contributed by atoms with van der Waals surface area (Å²) in [4.78, 5) is 22.8. The highest BCUT2D eigenvalue weighted by molar-refractivity contribution is 5.76. The third kappa shape index (κ3) is 3.93. The molecule has 0 radical (unpaired) electrons. The molecule has 1 fully saturated rings. The molecule has 0 aliphatic carbocycles. The van der Waals surface area contributed by atoms with Crippen molar-refractivity contribution in [2.24, 2.45) is 0 Å². The summed E-state index contributed by atoms with van der Waals surface area (Å²) in [6.07, 6.45) is 2.50. The quantitative estimate of drug-likeness (QED) is 0.822. The summed E-state index contributed by atoms with van der Waals surface area (Å²) in [5, 5.41) is 0. The summed E-state index contributed by atoms with van der Waals surface area (Å²) >= 11 is 0. The van der Waals surface area contributed by atoms with Gasteiger partial charge >= 0.3 is 0 Å². The fraction of sp³-hybridized carbons (Fsp3) is 0.600. The Morgan fingerprint density at radius 3 is 2.50 bits per heavy atom. The van der Waals surface area contributed by atoms with Crippen molar-refractivity contribution in [3.8, 4) is 0 Å². The van der Waals surface area contributed by atoms with Crippen molar-refractivity contribution in [1.29, 1.82) is 0 Å². The van der Waals surface area contributed by atoms with Crippen molar-refractivity contribution in [2.45, 2.75) is 13.3 Å². The van der Waals surface area contributed by atoms with Gasteiger partial charge in [-0.3, -0.25) is 4.79 Å². The first-order chi connectivity index (χ1) is 9.56. The normalized spacial score (nSPS) is 15.8. The minimum Gasteiger partial charge on any atom is -0.353 e. The molecule has 0 bridgehead atoms. The van der Waals surface area contributed by atoms with Gasteiger partial charge in [0.05, 0.1) is 0 Å². The van der Waals surface area contributed by atoms with Crippen molar-refractivity contribution in [2.75, 3.05) is 51.7 Å². The van der Waals surface area contributed by atoms with Crippen molar-refractivity contribution < 1.29 is 4.79 Å². The van der Waals surface area contributed by atoms with Crippen LogP contribution in [0.25, 0.3) is 0 Å². The Bertz CT molecular complexity index is 436. The largest absolute Gasteiger partial charge is 0.353 e. The lowest BCUT2D eigenvalue weighted by Gasteiger charge is -2.35. The van der Waals surface area contributed by atoms with Crippen molar-refractivity contribution in [3.05, 3.63) is 23.9 Å². The number of carbonyl (C=O) groups is 1. The minimum atomic E-state index is 0.259. The lowest BCUT2D eigenvalue weighted by molar-refractivity contribution is -0.131. The third-order valence-corrected chi connectivity index (χ3v) is 3.63. The molecule has 0 saturated carbocycles. The van der Waals surface area contributed by atoms with Crippen molar-refractivity contribution >= 4 is 11.7 Å². The van der Waals surface area contributed by atoms with Crippen LogP contribution in [0.5, 0.6) is 0 Å². The number of hydrogen-bond acceptors (Lipinski definition) is 4. The van der Waals surface area contributed by atoms with E-state index >= 15 is 0 Å². The smallest absolute Gasteiger partial charge is 0.223 e. The Balaban J connectivity index is 1.83. The first kappa shape index (κ1) is 14.8. The predicted molar refractivity (Wildman–Crippen MR) is 80.9 cm³/mol. The second kappa shape index (κ2) is 6.70.